The molecule has 0 bridgehead atoms. The van der Waals surface area contributed by atoms with Crippen LogP contribution in [0.25, 0.3) is 11.3 Å². The Balaban J connectivity index is 1.48. The Labute approximate surface area is 197 Å². The van der Waals surface area contributed by atoms with Crippen molar-refractivity contribution in [2.75, 3.05) is 25.1 Å². The lowest BCUT2D eigenvalue weighted by Gasteiger charge is -2.38. The summed E-state index contributed by atoms with van der Waals surface area (Å²) in [6.45, 7) is 5.51. The average molecular weight is 463 g/mol. The van der Waals surface area contributed by atoms with E-state index >= 15 is 0 Å². The first kappa shape index (κ1) is 21.2. The zero-order chi connectivity index (χ0) is 23.5. The Morgan fingerprint density at radius 2 is 2.09 bits per heavy atom. The number of amides is 1. The lowest BCUT2D eigenvalue weighted by Crippen LogP contribution is -2.45. The summed E-state index contributed by atoms with van der Waals surface area (Å²) in [5.41, 5.74) is 4.37. The third-order valence-corrected chi connectivity index (χ3v) is 7.39. The van der Waals surface area contributed by atoms with E-state index in [2.05, 4.69) is 20.6 Å². The number of halogens is 1. The van der Waals surface area contributed by atoms with Crippen molar-refractivity contribution in [3.8, 4) is 17.0 Å². The molecule has 3 N–H and O–H groups in total. The summed E-state index contributed by atoms with van der Waals surface area (Å²) in [6, 6.07) is 6.77. The first-order valence-corrected chi connectivity index (χ1v) is 11.7. The van der Waals surface area contributed by atoms with Crippen molar-refractivity contribution in [2.45, 2.75) is 44.1 Å². The second kappa shape index (κ2) is 7.56. The second-order valence-corrected chi connectivity index (χ2v) is 9.83. The molecule has 1 saturated carbocycles. The summed E-state index contributed by atoms with van der Waals surface area (Å²) in [7, 11) is 0. The monoisotopic (exact) mass is 462 g/mol. The molecule has 3 aliphatic rings. The fraction of sp³-hybridized carbons (Fsp3) is 0.385. The van der Waals surface area contributed by atoms with Crippen molar-refractivity contribution in [1.29, 1.82) is 0 Å². The van der Waals surface area contributed by atoms with E-state index in [1.54, 1.807) is 25.4 Å². The predicted molar refractivity (Wildman–Crippen MR) is 126 cm³/mol. The number of rotatable bonds is 6. The smallest absolute Gasteiger partial charge is 0.255 e. The normalized spacial score (nSPS) is 22.0. The van der Waals surface area contributed by atoms with Crippen LogP contribution in [0.3, 0.4) is 0 Å². The maximum absolute atomic E-state index is 14.3. The maximum Gasteiger partial charge on any atom is 0.255 e. The summed E-state index contributed by atoms with van der Waals surface area (Å²) < 4.78 is 26.2. The largest absolute Gasteiger partial charge is 0.488 e. The van der Waals surface area contributed by atoms with Crippen LogP contribution in [0.4, 0.5) is 15.8 Å². The molecule has 2 aliphatic heterocycles. The Morgan fingerprint density at radius 3 is 2.82 bits per heavy atom. The number of aromatic nitrogens is 2. The number of hydrogen-bond donors (Lipinski definition) is 3. The van der Waals surface area contributed by atoms with Gasteiger partial charge in [-0.3, -0.25) is 9.78 Å². The molecule has 0 unspecified atom stereocenters. The predicted octanol–water partition coefficient (Wildman–Crippen LogP) is 4.60. The van der Waals surface area contributed by atoms with E-state index in [1.165, 1.54) is 6.07 Å². The number of hydrogen-bond acceptors (Lipinski definition) is 5. The maximum atomic E-state index is 14.3. The SMILES string of the molecule is Cc1c(F)cccc1Nc1c(-c2ccncc2OC[C@]2(C)CCO2)[nH]c2c1C(=O)NCC21CC1. The molecule has 6 rings (SSSR count). The summed E-state index contributed by atoms with van der Waals surface area (Å²) in [5.74, 6) is 0.154. The van der Waals surface area contributed by atoms with Crippen LogP contribution in [0.1, 0.15) is 47.8 Å². The van der Waals surface area contributed by atoms with Gasteiger partial charge in [0.05, 0.1) is 29.7 Å². The molecule has 2 fully saturated rings. The van der Waals surface area contributed by atoms with Gasteiger partial charge in [0.15, 0.2) is 0 Å². The van der Waals surface area contributed by atoms with E-state index in [1.807, 2.05) is 19.1 Å². The molecular formula is C26H27FN4O3. The highest BCUT2D eigenvalue weighted by Crippen LogP contribution is 2.54. The third-order valence-electron chi connectivity index (χ3n) is 7.39. The van der Waals surface area contributed by atoms with Gasteiger partial charge in [0.2, 0.25) is 0 Å². The van der Waals surface area contributed by atoms with Crippen molar-refractivity contribution in [3.63, 3.8) is 0 Å². The highest BCUT2D eigenvalue weighted by Gasteiger charge is 2.51. The molecule has 7 nitrogen and oxygen atoms in total. The van der Waals surface area contributed by atoms with Crippen LogP contribution in [0.15, 0.2) is 36.7 Å². The zero-order valence-electron chi connectivity index (χ0n) is 19.3. The van der Waals surface area contributed by atoms with Gasteiger partial charge in [-0.1, -0.05) is 6.07 Å². The molecule has 4 heterocycles. The molecule has 176 valence electrons. The van der Waals surface area contributed by atoms with Gasteiger partial charge >= 0.3 is 0 Å². The third kappa shape index (κ3) is 3.36. The number of carbonyl (C=O) groups is 1. The highest BCUT2D eigenvalue weighted by molar-refractivity contribution is 6.07. The Kier molecular flexibility index (Phi) is 4.71. The van der Waals surface area contributed by atoms with Crippen molar-refractivity contribution >= 4 is 17.3 Å². The van der Waals surface area contributed by atoms with E-state index in [4.69, 9.17) is 9.47 Å². The molecule has 1 aromatic carbocycles. The lowest BCUT2D eigenvalue weighted by molar-refractivity contribution is -0.152. The Morgan fingerprint density at radius 1 is 1.26 bits per heavy atom. The van der Waals surface area contributed by atoms with Gasteiger partial charge in [0.1, 0.15) is 23.8 Å². The quantitative estimate of drug-likeness (QED) is 0.498. The van der Waals surface area contributed by atoms with Gasteiger partial charge in [-0.2, -0.15) is 0 Å². The topological polar surface area (TPSA) is 88.3 Å². The molecule has 1 aliphatic carbocycles. The Hall–Kier alpha value is -3.39. The fourth-order valence-corrected chi connectivity index (χ4v) is 4.83. The number of aromatic amines is 1. The molecular weight excluding hydrogens is 435 g/mol. The first-order chi connectivity index (χ1) is 16.4. The van der Waals surface area contributed by atoms with E-state index in [0.717, 1.165) is 42.8 Å². The van der Waals surface area contributed by atoms with Crippen molar-refractivity contribution in [2.24, 2.45) is 0 Å². The van der Waals surface area contributed by atoms with Gasteiger partial charge in [0.25, 0.3) is 5.91 Å². The summed E-state index contributed by atoms with van der Waals surface area (Å²) in [6.07, 6.45) is 6.34. The molecule has 34 heavy (non-hydrogen) atoms. The minimum atomic E-state index is -0.306. The van der Waals surface area contributed by atoms with Gasteiger partial charge in [-0.25, -0.2) is 4.39 Å². The second-order valence-electron chi connectivity index (χ2n) is 9.83. The number of nitrogens with one attached hydrogen (secondary N) is 3. The molecule has 1 saturated heterocycles. The summed E-state index contributed by atoms with van der Waals surface area (Å²) in [5, 5.41) is 6.42. The lowest BCUT2D eigenvalue weighted by atomic mass is 9.93. The minimum Gasteiger partial charge on any atom is -0.488 e. The molecule has 0 radical (unpaired) electrons. The van der Waals surface area contributed by atoms with Crippen LogP contribution in [0.2, 0.25) is 0 Å². The van der Waals surface area contributed by atoms with Crippen LogP contribution in [0.5, 0.6) is 5.75 Å². The molecule has 2 aromatic heterocycles. The van der Waals surface area contributed by atoms with Crippen molar-refractivity contribution in [3.05, 3.63) is 59.3 Å². The van der Waals surface area contributed by atoms with Gasteiger partial charge in [-0.15, -0.1) is 0 Å². The number of nitrogens with zero attached hydrogens (tertiary/aromatic N) is 1. The van der Waals surface area contributed by atoms with Crippen LogP contribution in [-0.2, 0) is 10.2 Å². The summed E-state index contributed by atoms with van der Waals surface area (Å²) in [4.78, 5) is 20.9. The van der Waals surface area contributed by atoms with Crippen LogP contribution in [-0.4, -0.2) is 41.2 Å². The standard InChI is InChI=1S/C26H27FN4O3/c1-15-17(27)4-3-5-18(15)30-22-20-23(26(7-8-26)13-29-24(20)32)31-21(22)16-6-10-28-12-19(16)33-14-25(2)9-11-34-25/h3-6,10,12,30-31H,7-9,11,13-14H2,1-2H3,(H,29,32)/t25-/m0/s1. The van der Waals surface area contributed by atoms with Gasteiger partial charge in [0, 0.05) is 47.1 Å². The van der Waals surface area contributed by atoms with E-state index in [-0.39, 0.29) is 22.7 Å². The van der Waals surface area contributed by atoms with E-state index in [9.17, 15) is 9.18 Å². The van der Waals surface area contributed by atoms with Crippen LogP contribution < -0.4 is 15.4 Å². The molecule has 8 heteroatoms. The molecule has 1 atom stereocenters. The number of fused-ring (bicyclic) bond motifs is 2. The summed E-state index contributed by atoms with van der Waals surface area (Å²) >= 11 is 0. The number of carbonyl (C=O) groups excluding carboxylic acids is 1. The number of H-pyrrole nitrogens is 1. The van der Waals surface area contributed by atoms with E-state index in [0.29, 0.717) is 41.4 Å². The zero-order valence-corrected chi connectivity index (χ0v) is 19.3. The fourth-order valence-electron chi connectivity index (χ4n) is 4.83. The van der Waals surface area contributed by atoms with Crippen molar-refractivity contribution in [1.82, 2.24) is 15.3 Å². The van der Waals surface area contributed by atoms with Gasteiger partial charge in [-0.05, 0) is 44.9 Å². The number of pyridine rings is 1. The van der Waals surface area contributed by atoms with Crippen LogP contribution in [0, 0.1) is 12.7 Å². The number of ether oxygens (including phenoxy) is 2. The molecule has 1 spiro atoms. The Bertz CT molecular complexity index is 1290. The van der Waals surface area contributed by atoms with Crippen molar-refractivity contribution < 1.29 is 18.7 Å². The molecule has 1 amide bonds. The molecule has 3 aromatic rings. The van der Waals surface area contributed by atoms with E-state index < -0.39 is 0 Å². The van der Waals surface area contributed by atoms with Crippen LogP contribution >= 0.6 is 0 Å². The highest BCUT2D eigenvalue weighted by atomic mass is 19.1. The number of benzene rings is 1. The minimum absolute atomic E-state index is 0.0732. The number of anilines is 2. The average Bonchev–Trinajstić information content (AvgIpc) is 3.49. The first-order valence-electron chi connectivity index (χ1n) is 11.7. The van der Waals surface area contributed by atoms with Gasteiger partial charge < -0.3 is 25.1 Å².